The van der Waals surface area contributed by atoms with Gasteiger partial charge in [0.25, 0.3) is 5.91 Å². The van der Waals surface area contributed by atoms with E-state index in [1.807, 2.05) is 43.3 Å². The maximum Gasteiger partial charge on any atom is 0.329 e. The Kier molecular flexibility index (Phi) is 6.63. The fraction of sp³-hybridized carbons (Fsp3) is 0.320. The van der Waals surface area contributed by atoms with Crippen molar-refractivity contribution in [2.75, 3.05) is 37.0 Å². The molecule has 0 spiro atoms. The molecule has 8 heteroatoms. The van der Waals surface area contributed by atoms with E-state index in [4.69, 9.17) is 4.74 Å². The highest BCUT2D eigenvalue weighted by molar-refractivity contribution is 6.16. The van der Waals surface area contributed by atoms with Crippen LogP contribution in [-0.2, 0) is 9.59 Å². The van der Waals surface area contributed by atoms with Crippen LogP contribution in [0.25, 0.3) is 6.08 Å². The second-order valence-electron chi connectivity index (χ2n) is 8.27. The summed E-state index contributed by atoms with van der Waals surface area (Å²) < 4.78 is 5.54. The second kappa shape index (κ2) is 9.77. The molecule has 2 aromatic rings. The van der Waals surface area contributed by atoms with Crippen molar-refractivity contribution in [1.29, 1.82) is 0 Å². The van der Waals surface area contributed by atoms with E-state index in [2.05, 4.69) is 15.5 Å². The molecule has 2 heterocycles. The number of nitrogens with one attached hydrogen (secondary N) is 2. The van der Waals surface area contributed by atoms with Crippen molar-refractivity contribution in [3.8, 4) is 5.75 Å². The molecule has 0 aromatic heterocycles. The van der Waals surface area contributed by atoms with Gasteiger partial charge in [0.2, 0.25) is 5.91 Å². The molecule has 2 N–H and O–H groups in total. The molecule has 2 aliphatic rings. The number of ether oxygens (including phenoxy) is 1. The van der Waals surface area contributed by atoms with Gasteiger partial charge in [-0.2, -0.15) is 0 Å². The van der Waals surface area contributed by atoms with Gasteiger partial charge in [-0.05, 0) is 62.1 Å². The van der Waals surface area contributed by atoms with Gasteiger partial charge in [0.05, 0.1) is 7.11 Å². The molecule has 2 fully saturated rings. The van der Waals surface area contributed by atoms with Gasteiger partial charge >= 0.3 is 6.03 Å². The number of carbonyl (C=O) groups excluding carboxylic acids is 3. The number of imide groups is 1. The first kappa shape index (κ1) is 22.4. The Hall–Kier alpha value is -3.81. The number of piperidine rings is 1. The zero-order valence-corrected chi connectivity index (χ0v) is 18.9. The van der Waals surface area contributed by atoms with Crippen molar-refractivity contribution in [1.82, 2.24) is 10.2 Å². The van der Waals surface area contributed by atoms with Crippen LogP contribution in [0.3, 0.4) is 0 Å². The molecule has 0 saturated carbocycles. The van der Waals surface area contributed by atoms with Gasteiger partial charge in [-0.3, -0.25) is 9.59 Å². The van der Waals surface area contributed by atoms with E-state index in [0.717, 1.165) is 29.2 Å². The fourth-order valence-electron chi connectivity index (χ4n) is 4.11. The number of amides is 4. The molecular formula is C25H28N4O4. The lowest BCUT2D eigenvalue weighted by molar-refractivity contribution is -0.127. The highest BCUT2D eigenvalue weighted by atomic mass is 16.5. The first-order valence-corrected chi connectivity index (χ1v) is 11.1. The van der Waals surface area contributed by atoms with Crippen LogP contribution in [0.4, 0.5) is 16.2 Å². The first-order chi connectivity index (χ1) is 15.9. The van der Waals surface area contributed by atoms with E-state index in [1.54, 1.807) is 19.3 Å². The van der Waals surface area contributed by atoms with Crippen molar-refractivity contribution < 1.29 is 19.1 Å². The lowest BCUT2D eigenvalue weighted by Gasteiger charge is -2.29. The summed E-state index contributed by atoms with van der Waals surface area (Å²) in [5, 5.41) is 5.28. The highest BCUT2D eigenvalue weighted by Gasteiger charge is 2.35. The van der Waals surface area contributed by atoms with E-state index in [-0.39, 0.29) is 12.2 Å². The standard InChI is InChI=1S/C25H28N4O4/c1-17-7-6-8-19(13-17)26-23(30)16-29-24(31)21(27-25(29)32)14-18-9-10-20(15-22(18)33-2)28-11-4-3-5-12-28/h6-10,13-15H,3-5,11-12,16H2,1-2H3,(H,26,30)(H,27,32)/b21-14+. The average Bonchev–Trinajstić information content (AvgIpc) is 3.07. The summed E-state index contributed by atoms with van der Waals surface area (Å²) >= 11 is 0. The zero-order chi connectivity index (χ0) is 23.4. The molecule has 2 saturated heterocycles. The van der Waals surface area contributed by atoms with Crippen LogP contribution in [0.2, 0.25) is 0 Å². The number of nitrogens with zero attached hydrogens (tertiary/aromatic N) is 2. The van der Waals surface area contributed by atoms with Gasteiger partial charge in [-0.25, -0.2) is 9.69 Å². The van der Waals surface area contributed by atoms with Crippen LogP contribution in [0.1, 0.15) is 30.4 Å². The summed E-state index contributed by atoms with van der Waals surface area (Å²) in [6, 6.07) is 12.5. The Labute approximate surface area is 193 Å². The minimum atomic E-state index is -0.630. The quantitative estimate of drug-likeness (QED) is 0.521. The Morgan fingerprint density at radius 2 is 1.91 bits per heavy atom. The molecule has 0 aliphatic carbocycles. The van der Waals surface area contributed by atoms with Crippen molar-refractivity contribution in [3.63, 3.8) is 0 Å². The number of hydrogen-bond donors (Lipinski definition) is 2. The highest BCUT2D eigenvalue weighted by Crippen LogP contribution is 2.29. The third-order valence-corrected chi connectivity index (χ3v) is 5.80. The SMILES string of the molecule is COc1cc(N2CCCCC2)ccc1/C=C1/NC(=O)N(CC(=O)Nc2cccc(C)c2)C1=O. The predicted octanol–water partition coefficient (Wildman–Crippen LogP) is 3.53. The molecule has 4 rings (SSSR count). The van der Waals surface area contributed by atoms with Gasteiger partial charge in [-0.1, -0.05) is 12.1 Å². The maximum absolute atomic E-state index is 12.8. The van der Waals surface area contributed by atoms with E-state index >= 15 is 0 Å². The number of anilines is 2. The Balaban J connectivity index is 1.47. The topological polar surface area (TPSA) is 91.0 Å². The molecule has 0 unspecified atom stereocenters. The largest absolute Gasteiger partial charge is 0.496 e. The van der Waals surface area contributed by atoms with E-state index in [9.17, 15) is 14.4 Å². The molecule has 0 atom stereocenters. The minimum Gasteiger partial charge on any atom is -0.496 e. The molecule has 33 heavy (non-hydrogen) atoms. The van der Waals surface area contributed by atoms with Gasteiger partial charge in [0.15, 0.2) is 0 Å². The Bertz CT molecular complexity index is 1110. The van der Waals surface area contributed by atoms with Gasteiger partial charge in [0, 0.05) is 36.1 Å². The molecule has 0 bridgehead atoms. The number of hydrogen-bond acceptors (Lipinski definition) is 5. The molecule has 0 radical (unpaired) electrons. The number of aryl methyl sites for hydroxylation is 1. The van der Waals surface area contributed by atoms with Crippen LogP contribution < -0.4 is 20.3 Å². The maximum atomic E-state index is 12.8. The molecule has 2 aliphatic heterocycles. The van der Waals surface area contributed by atoms with Crippen molar-refractivity contribution >= 4 is 35.3 Å². The number of methoxy groups -OCH3 is 1. The predicted molar refractivity (Wildman–Crippen MR) is 127 cm³/mol. The van der Waals surface area contributed by atoms with Gasteiger partial charge in [-0.15, -0.1) is 0 Å². The van der Waals surface area contributed by atoms with Crippen molar-refractivity contribution in [2.24, 2.45) is 0 Å². The van der Waals surface area contributed by atoms with Crippen molar-refractivity contribution in [3.05, 3.63) is 59.3 Å². The second-order valence-corrected chi connectivity index (χ2v) is 8.27. The average molecular weight is 449 g/mol. The lowest BCUT2D eigenvalue weighted by atomic mass is 10.1. The molecule has 8 nitrogen and oxygen atoms in total. The Morgan fingerprint density at radius 3 is 2.64 bits per heavy atom. The fourth-order valence-corrected chi connectivity index (χ4v) is 4.11. The monoisotopic (exact) mass is 448 g/mol. The lowest BCUT2D eigenvalue weighted by Crippen LogP contribution is -2.38. The minimum absolute atomic E-state index is 0.104. The summed E-state index contributed by atoms with van der Waals surface area (Å²) in [5.74, 6) is -0.390. The summed E-state index contributed by atoms with van der Waals surface area (Å²) in [5.41, 5.74) is 3.46. The molecule has 172 valence electrons. The zero-order valence-electron chi connectivity index (χ0n) is 18.9. The van der Waals surface area contributed by atoms with E-state index < -0.39 is 17.8 Å². The number of benzene rings is 2. The first-order valence-electron chi connectivity index (χ1n) is 11.1. The van der Waals surface area contributed by atoms with Crippen LogP contribution in [-0.4, -0.2) is 49.5 Å². The Morgan fingerprint density at radius 1 is 1.12 bits per heavy atom. The van der Waals surface area contributed by atoms with Crippen LogP contribution in [0.5, 0.6) is 5.75 Å². The summed E-state index contributed by atoms with van der Waals surface area (Å²) in [6.45, 7) is 3.56. The summed E-state index contributed by atoms with van der Waals surface area (Å²) in [7, 11) is 1.58. The van der Waals surface area contributed by atoms with Crippen LogP contribution >= 0.6 is 0 Å². The van der Waals surface area contributed by atoms with Crippen LogP contribution in [0.15, 0.2) is 48.2 Å². The molecular weight excluding hydrogens is 420 g/mol. The normalized spacial score (nSPS) is 17.3. The van der Waals surface area contributed by atoms with E-state index in [0.29, 0.717) is 17.0 Å². The molecule has 2 aromatic carbocycles. The summed E-state index contributed by atoms with van der Waals surface area (Å²) in [4.78, 5) is 40.8. The summed E-state index contributed by atoms with van der Waals surface area (Å²) in [6.07, 6.45) is 5.17. The van der Waals surface area contributed by atoms with Crippen LogP contribution in [0, 0.1) is 6.92 Å². The van der Waals surface area contributed by atoms with E-state index in [1.165, 1.54) is 19.3 Å². The van der Waals surface area contributed by atoms with Crippen molar-refractivity contribution in [2.45, 2.75) is 26.2 Å². The van der Waals surface area contributed by atoms with Gasteiger partial charge in [0.1, 0.15) is 18.0 Å². The number of urea groups is 1. The smallest absolute Gasteiger partial charge is 0.329 e. The number of carbonyl (C=O) groups is 3. The number of rotatable bonds is 6. The third kappa shape index (κ3) is 5.16. The third-order valence-electron chi connectivity index (χ3n) is 5.80. The molecule has 4 amide bonds. The van der Waals surface area contributed by atoms with Gasteiger partial charge < -0.3 is 20.3 Å².